The molecule has 18 heavy (non-hydrogen) atoms. The van der Waals surface area contributed by atoms with Gasteiger partial charge in [0.05, 0.1) is 12.3 Å². The lowest BCUT2D eigenvalue weighted by atomic mass is 10.1. The average molecular weight is 259 g/mol. The zero-order valence-electron chi connectivity index (χ0n) is 10.3. The lowest BCUT2D eigenvalue weighted by Crippen LogP contribution is -2.15. The number of nitrogens with zero attached hydrogens (tertiary/aromatic N) is 2. The maximum atomic E-state index is 6.02. The monoisotopic (exact) mass is 258 g/mol. The van der Waals surface area contributed by atoms with Gasteiger partial charge in [-0.25, -0.2) is 0 Å². The molecule has 0 N–H and O–H groups in total. The van der Waals surface area contributed by atoms with Gasteiger partial charge in [0.1, 0.15) is 0 Å². The number of benzene rings is 1. The van der Waals surface area contributed by atoms with Crippen molar-refractivity contribution >= 4 is 17.3 Å². The first-order chi connectivity index (χ1) is 8.66. The van der Waals surface area contributed by atoms with Gasteiger partial charge in [-0.2, -0.15) is 5.10 Å². The Bertz CT molecular complexity index is 527. The molecule has 2 nitrogen and oxygen atoms in total. The van der Waals surface area contributed by atoms with Crippen molar-refractivity contribution in [3.05, 3.63) is 71.3 Å². The smallest absolute Gasteiger partial charge is 0.0912 e. The Morgan fingerprint density at radius 3 is 2.72 bits per heavy atom. The molecule has 0 heterocycles. The Morgan fingerprint density at radius 2 is 2.00 bits per heavy atom. The maximum Gasteiger partial charge on any atom is 0.0912 e. The van der Waals surface area contributed by atoms with Crippen molar-refractivity contribution in [1.82, 2.24) is 5.01 Å². The molecule has 0 atom stereocenters. The standard InChI is InChI=1S/C15H15ClN2/c1-12-14(16)9-6-10-15(12)17-18(2)11-13-7-4-3-5-8-13/h3-10H,1,11H2,2H3/b17-15-. The molecule has 0 aliphatic heterocycles. The van der Waals surface area contributed by atoms with Crippen LogP contribution in [0.3, 0.4) is 0 Å². The van der Waals surface area contributed by atoms with E-state index in [0.29, 0.717) is 5.03 Å². The molecule has 0 radical (unpaired) electrons. The predicted molar refractivity (Wildman–Crippen MR) is 77.6 cm³/mol. The second-order valence-electron chi connectivity index (χ2n) is 4.14. The van der Waals surface area contributed by atoms with Gasteiger partial charge in [-0.05, 0) is 17.7 Å². The zero-order valence-corrected chi connectivity index (χ0v) is 11.1. The number of hydrazone groups is 1. The summed E-state index contributed by atoms with van der Waals surface area (Å²) in [5, 5.41) is 7.03. The summed E-state index contributed by atoms with van der Waals surface area (Å²) in [6.07, 6.45) is 5.61. The van der Waals surface area contributed by atoms with E-state index < -0.39 is 0 Å². The second kappa shape index (κ2) is 5.69. The molecule has 1 aromatic rings. The molecule has 3 heteroatoms. The van der Waals surface area contributed by atoms with Crippen molar-refractivity contribution in [2.24, 2.45) is 5.10 Å². The normalized spacial score (nSPS) is 16.9. The number of rotatable bonds is 3. The van der Waals surface area contributed by atoms with Crippen LogP contribution in [-0.2, 0) is 6.54 Å². The van der Waals surface area contributed by atoms with Crippen LogP contribution in [0, 0.1) is 0 Å². The van der Waals surface area contributed by atoms with E-state index in [9.17, 15) is 0 Å². The van der Waals surface area contributed by atoms with Gasteiger partial charge in [-0.1, -0.05) is 54.6 Å². The van der Waals surface area contributed by atoms with Crippen molar-refractivity contribution in [2.45, 2.75) is 6.54 Å². The second-order valence-corrected chi connectivity index (χ2v) is 4.55. The molecule has 1 aromatic carbocycles. The number of hydrogen-bond acceptors (Lipinski definition) is 2. The summed E-state index contributed by atoms with van der Waals surface area (Å²) < 4.78 is 0. The first-order valence-corrected chi connectivity index (χ1v) is 6.12. The lowest BCUT2D eigenvalue weighted by molar-refractivity contribution is 0.347. The fraction of sp³-hybridized carbons (Fsp3) is 0.133. The highest BCUT2D eigenvalue weighted by atomic mass is 35.5. The van der Waals surface area contributed by atoms with E-state index in [1.807, 2.05) is 48.5 Å². The number of hydrogen-bond donors (Lipinski definition) is 0. The van der Waals surface area contributed by atoms with Crippen LogP contribution in [-0.4, -0.2) is 17.8 Å². The van der Waals surface area contributed by atoms with Crippen LogP contribution in [0.5, 0.6) is 0 Å². The predicted octanol–water partition coefficient (Wildman–Crippen LogP) is 3.72. The largest absolute Gasteiger partial charge is 0.295 e. The molecule has 0 fully saturated rings. The molecule has 92 valence electrons. The molecule has 0 saturated heterocycles. The lowest BCUT2D eigenvalue weighted by Gasteiger charge is -2.16. The van der Waals surface area contributed by atoms with Crippen LogP contribution in [0.2, 0.25) is 0 Å². The van der Waals surface area contributed by atoms with E-state index in [0.717, 1.165) is 17.8 Å². The molecular formula is C15H15ClN2. The Hall–Kier alpha value is -1.80. The molecule has 1 aliphatic rings. The summed E-state index contributed by atoms with van der Waals surface area (Å²) in [5.74, 6) is 0. The van der Waals surface area contributed by atoms with Crippen molar-refractivity contribution < 1.29 is 0 Å². The van der Waals surface area contributed by atoms with Crippen molar-refractivity contribution in [2.75, 3.05) is 7.05 Å². The van der Waals surface area contributed by atoms with E-state index in [1.165, 1.54) is 5.56 Å². The molecule has 0 amide bonds. The van der Waals surface area contributed by atoms with Gasteiger partial charge in [-0.15, -0.1) is 0 Å². The summed E-state index contributed by atoms with van der Waals surface area (Å²) in [6, 6.07) is 10.2. The van der Waals surface area contributed by atoms with E-state index in [4.69, 9.17) is 11.6 Å². The third kappa shape index (κ3) is 3.11. The zero-order chi connectivity index (χ0) is 13.0. The molecule has 0 aromatic heterocycles. The summed E-state index contributed by atoms with van der Waals surface area (Å²) in [6.45, 7) is 4.68. The molecular weight excluding hydrogens is 244 g/mol. The quantitative estimate of drug-likeness (QED) is 0.755. The molecule has 0 spiro atoms. The summed E-state index contributed by atoms with van der Waals surface area (Å²) >= 11 is 6.02. The van der Waals surface area contributed by atoms with Gasteiger partial charge in [-0.3, -0.25) is 5.01 Å². The Balaban J connectivity index is 2.07. The third-order valence-corrected chi connectivity index (χ3v) is 2.98. The highest BCUT2D eigenvalue weighted by molar-refractivity contribution is 6.37. The average Bonchev–Trinajstić information content (AvgIpc) is 2.36. The summed E-state index contributed by atoms with van der Waals surface area (Å²) in [5.41, 5.74) is 2.79. The molecule has 2 rings (SSSR count). The van der Waals surface area contributed by atoms with E-state index in [-0.39, 0.29) is 0 Å². The topological polar surface area (TPSA) is 15.6 Å². The Kier molecular flexibility index (Phi) is 4.00. The van der Waals surface area contributed by atoms with Crippen molar-refractivity contribution in [3.8, 4) is 0 Å². The SMILES string of the molecule is C=C1C(Cl)=CC=C/C1=N/N(C)Cc1ccccc1. The van der Waals surface area contributed by atoms with Gasteiger partial charge in [0.25, 0.3) is 0 Å². The van der Waals surface area contributed by atoms with Crippen LogP contribution in [0.25, 0.3) is 0 Å². The van der Waals surface area contributed by atoms with E-state index >= 15 is 0 Å². The maximum absolute atomic E-state index is 6.02. The highest BCUT2D eigenvalue weighted by Gasteiger charge is 2.09. The van der Waals surface area contributed by atoms with Gasteiger partial charge < -0.3 is 0 Å². The Morgan fingerprint density at radius 1 is 1.28 bits per heavy atom. The summed E-state index contributed by atoms with van der Waals surface area (Å²) in [4.78, 5) is 0. The van der Waals surface area contributed by atoms with Gasteiger partial charge in [0.15, 0.2) is 0 Å². The fourth-order valence-electron chi connectivity index (χ4n) is 1.71. The minimum atomic E-state index is 0.643. The van der Waals surface area contributed by atoms with E-state index in [1.54, 1.807) is 0 Å². The van der Waals surface area contributed by atoms with Crippen molar-refractivity contribution in [1.29, 1.82) is 0 Å². The fourth-order valence-corrected chi connectivity index (χ4v) is 1.88. The van der Waals surface area contributed by atoms with Gasteiger partial charge in [0, 0.05) is 17.7 Å². The first-order valence-electron chi connectivity index (χ1n) is 5.74. The highest BCUT2D eigenvalue weighted by Crippen LogP contribution is 2.19. The van der Waals surface area contributed by atoms with Gasteiger partial charge >= 0.3 is 0 Å². The molecule has 0 unspecified atom stereocenters. The van der Waals surface area contributed by atoms with Crippen LogP contribution in [0.15, 0.2) is 70.8 Å². The van der Waals surface area contributed by atoms with Crippen LogP contribution in [0.1, 0.15) is 5.56 Å². The Labute approximate surface area is 113 Å². The first kappa shape index (κ1) is 12.7. The minimum absolute atomic E-state index is 0.643. The summed E-state index contributed by atoms with van der Waals surface area (Å²) in [7, 11) is 1.94. The number of allylic oxidation sites excluding steroid dienone is 5. The minimum Gasteiger partial charge on any atom is -0.295 e. The van der Waals surface area contributed by atoms with Crippen LogP contribution < -0.4 is 0 Å². The van der Waals surface area contributed by atoms with Crippen LogP contribution in [0.4, 0.5) is 0 Å². The van der Waals surface area contributed by atoms with Crippen LogP contribution >= 0.6 is 11.6 Å². The van der Waals surface area contributed by atoms with Crippen molar-refractivity contribution in [3.63, 3.8) is 0 Å². The number of halogens is 1. The molecule has 0 bridgehead atoms. The van der Waals surface area contributed by atoms with Gasteiger partial charge in [0.2, 0.25) is 0 Å². The molecule has 0 saturated carbocycles. The van der Waals surface area contributed by atoms with E-state index in [2.05, 4.69) is 23.8 Å². The molecule has 1 aliphatic carbocycles. The third-order valence-electron chi connectivity index (χ3n) is 2.63.